The van der Waals surface area contributed by atoms with Crippen molar-refractivity contribution in [2.75, 3.05) is 111 Å². The topological polar surface area (TPSA) is 141 Å². The highest BCUT2D eigenvalue weighted by molar-refractivity contribution is 5.78. The van der Waals surface area contributed by atoms with Gasteiger partial charge in [0.25, 0.3) is 0 Å². The van der Waals surface area contributed by atoms with Gasteiger partial charge in [-0.1, -0.05) is 0 Å². The van der Waals surface area contributed by atoms with Crippen molar-refractivity contribution in [3.63, 3.8) is 0 Å². The van der Waals surface area contributed by atoms with Crippen LogP contribution in [0.25, 0.3) is 0 Å². The Balaban J connectivity index is 1.15. The zero-order valence-electron chi connectivity index (χ0n) is 22.7. The molecule has 0 aromatic carbocycles. The minimum Gasteiger partial charge on any atom is -0.481 e. The van der Waals surface area contributed by atoms with Gasteiger partial charge >= 0.3 is 5.97 Å². The summed E-state index contributed by atoms with van der Waals surface area (Å²) >= 11 is 0. The number of rotatable bonds is 14. The molecule has 216 valence electrons. The Bertz CT molecular complexity index is 763. The maximum absolute atomic E-state index is 12.3. The van der Waals surface area contributed by atoms with Crippen molar-refractivity contribution in [3.8, 4) is 0 Å². The first-order chi connectivity index (χ1) is 18.4. The molecule has 0 bridgehead atoms. The zero-order valence-corrected chi connectivity index (χ0v) is 22.7. The quantitative estimate of drug-likeness (QED) is 0.175. The standard InChI is InChI=1S/C25H46N8O5/c34-22(27-21-28-23(35)2-8-30-15-19-32(20-16-30)10-4-25(37)38)1-7-29-13-17-31(18-14-29)9-3-24(36)33-11-5-26-6-12-33/h26H,1-21H2,(H,27,34)(H,28,35)(H,37,38). The summed E-state index contributed by atoms with van der Waals surface area (Å²) in [6.07, 6.45) is 1.49. The maximum atomic E-state index is 12.3. The van der Waals surface area contributed by atoms with E-state index < -0.39 is 5.97 Å². The van der Waals surface area contributed by atoms with Crippen LogP contribution in [0.2, 0.25) is 0 Å². The number of hydrogen-bond acceptors (Lipinski definition) is 9. The van der Waals surface area contributed by atoms with Gasteiger partial charge in [0.15, 0.2) is 0 Å². The van der Waals surface area contributed by atoms with E-state index in [-0.39, 0.29) is 30.8 Å². The Kier molecular flexibility index (Phi) is 13.2. The number of nitrogens with one attached hydrogen (secondary N) is 3. The second-order valence-electron chi connectivity index (χ2n) is 10.3. The third-order valence-corrected chi connectivity index (χ3v) is 7.56. The lowest BCUT2D eigenvalue weighted by Crippen LogP contribution is -2.49. The predicted molar refractivity (Wildman–Crippen MR) is 142 cm³/mol. The summed E-state index contributed by atoms with van der Waals surface area (Å²) in [6, 6.07) is 0. The van der Waals surface area contributed by atoms with Gasteiger partial charge in [-0.3, -0.25) is 19.2 Å². The summed E-state index contributed by atoms with van der Waals surface area (Å²) in [5.74, 6) is -0.705. The summed E-state index contributed by atoms with van der Waals surface area (Å²) < 4.78 is 0. The number of amides is 3. The molecule has 3 saturated heterocycles. The molecule has 3 rings (SSSR count). The van der Waals surface area contributed by atoms with Gasteiger partial charge in [-0.05, 0) is 0 Å². The van der Waals surface area contributed by atoms with E-state index in [0.717, 1.165) is 85.1 Å². The second kappa shape index (κ2) is 16.6. The number of carboxylic acid groups (broad SMARTS) is 1. The van der Waals surface area contributed by atoms with Crippen LogP contribution in [0.4, 0.5) is 0 Å². The third kappa shape index (κ3) is 11.6. The molecule has 0 saturated carbocycles. The molecule has 4 N–H and O–H groups in total. The number of carboxylic acids is 1. The van der Waals surface area contributed by atoms with Gasteiger partial charge in [-0.2, -0.15) is 0 Å². The molecule has 0 atom stereocenters. The Morgan fingerprint density at radius 3 is 1.39 bits per heavy atom. The molecule has 3 heterocycles. The van der Waals surface area contributed by atoms with Gasteiger partial charge in [0, 0.05) is 124 Å². The second-order valence-corrected chi connectivity index (χ2v) is 10.3. The fourth-order valence-corrected chi connectivity index (χ4v) is 4.99. The number of hydrogen-bond donors (Lipinski definition) is 4. The van der Waals surface area contributed by atoms with E-state index in [9.17, 15) is 19.2 Å². The van der Waals surface area contributed by atoms with Gasteiger partial charge < -0.3 is 45.6 Å². The highest BCUT2D eigenvalue weighted by atomic mass is 16.4. The smallest absolute Gasteiger partial charge is 0.304 e. The molecule has 0 aromatic heterocycles. The van der Waals surface area contributed by atoms with Gasteiger partial charge in [0.1, 0.15) is 0 Å². The number of carbonyl (C=O) groups excluding carboxylic acids is 3. The van der Waals surface area contributed by atoms with Crippen LogP contribution in [0, 0.1) is 0 Å². The van der Waals surface area contributed by atoms with Crippen LogP contribution in [0.15, 0.2) is 0 Å². The Morgan fingerprint density at radius 1 is 0.579 bits per heavy atom. The fraction of sp³-hybridized carbons (Fsp3) is 0.840. The first-order valence-corrected chi connectivity index (χ1v) is 14.0. The molecule has 3 aliphatic heterocycles. The molecule has 0 aromatic rings. The van der Waals surface area contributed by atoms with E-state index in [2.05, 4.69) is 35.6 Å². The Hall–Kier alpha value is -2.32. The van der Waals surface area contributed by atoms with E-state index >= 15 is 0 Å². The van der Waals surface area contributed by atoms with Crippen molar-refractivity contribution in [3.05, 3.63) is 0 Å². The molecule has 0 spiro atoms. The van der Waals surface area contributed by atoms with Crippen molar-refractivity contribution >= 4 is 23.7 Å². The number of nitrogens with zero attached hydrogens (tertiary/aromatic N) is 5. The van der Waals surface area contributed by atoms with Crippen LogP contribution in [0.3, 0.4) is 0 Å². The Morgan fingerprint density at radius 2 is 0.974 bits per heavy atom. The SMILES string of the molecule is O=C(O)CCN1CCN(CCC(=O)NCNC(=O)CCN2CCN(CCC(=O)N3CCNCC3)CC2)CC1. The van der Waals surface area contributed by atoms with Crippen LogP contribution in [0.5, 0.6) is 0 Å². The number of piperazine rings is 3. The lowest BCUT2D eigenvalue weighted by molar-refractivity contribution is -0.137. The fourth-order valence-electron chi connectivity index (χ4n) is 4.99. The van der Waals surface area contributed by atoms with Crippen LogP contribution in [-0.4, -0.2) is 165 Å². The minimum absolute atomic E-state index is 0.0770. The van der Waals surface area contributed by atoms with E-state index in [4.69, 9.17) is 5.11 Å². The summed E-state index contributed by atoms with van der Waals surface area (Å²) in [7, 11) is 0. The third-order valence-electron chi connectivity index (χ3n) is 7.56. The first-order valence-electron chi connectivity index (χ1n) is 14.0. The first kappa shape index (κ1) is 30.2. The number of aliphatic carboxylic acids is 1. The van der Waals surface area contributed by atoms with Crippen LogP contribution in [-0.2, 0) is 19.2 Å². The average molecular weight is 539 g/mol. The molecule has 3 aliphatic rings. The molecule has 13 heteroatoms. The lowest BCUT2D eigenvalue weighted by atomic mass is 10.2. The van der Waals surface area contributed by atoms with E-state index in [1.165, 1.54) is 0 Å². The van der Waals surface area contributed by atoms with Crippen molar-refractivity contribution in [1.82, 2.24) is 40.4 Å². The normalized spacial score (nSPS) is 20.3. The summed E-state index contributed by atoms with van der Waals surface area (Å²) in [4.78, 5) is 58.2. The minimum atomic E-state index is -0.777. The van der Waals surface area contributed by atoms with Gasteiger partial charge in [0.05, 0.1) is 13.1 Å². The van der Waals surface area contributed by atoms with Gasteiger partial charge in [0.2, 0.25) is 17.7 Å². The van der Waals surface area contributed by atoms with E-state index in [0.29, 0.717) is 38.9 Å². The van der Waals surface area contributed by atoms with E-state index in [1.54, 1.807) is 0 Å². The molecule has 13 nitrogen and oxygen atoms in total. The molecule has 0 radical (unpaired) electrons. The summed E-state index contributed by atoms with van der Waals surface area (Å²) in [5.41, 5.74) is 0. The Labute approximate surface area is 225 Å². The van der Waals surface area contributed by atoms with Crippen molar-refractivity contribution in [2.45, 2.75) is 25.7 Å². The molecular formula is C25H46N8O5. The van der Waals surface area contributed by atoms with Crippen LogP contribution in [0.1, 0.15) is 25.7 Å². The molecular weight excluding hydrogens is 492 g/mol. The van der Waals surface area contributed by atoms with E-state index in [1.807, 2.05) is 4.90 Å². The monoisotopic (exact) mass is 538 g/mol. The average Bonchev–Trinajstić information content (AvgIpc) is 2.94. The van der Waals surface area contributed by atoms with Gasteiger partial charge in [-0.15, -0.1) is 0 Å². The highest BCUT2D eigenvalue weighted by Gasteiger charge is 2.21. The maximum Gasteiger partial charge on any atom is 0.304 e. The van der Waals surface area contributed by atoms with Crippen molar-refractivity contribution in [1.29, 1.82) is 0 Å². The van der Waals surface area contributed by atoms with Crippen molar-refractivity contribution < 1.29 is 24.3 Å². The lowest BCUT2D eigenvalue weighted by Gasteiger charge is -2.35. The molecule has 3 fully saturated rings. The summed E-state index contributed by atoms with van der Waals surface area (Å²) in [6.45, 7) is 13.1. The molecule has 3 amide bonds. The summed E-state index contributed by atoms with van der Waals surface area (Å²) in [5, 5.41) is 17.6. The highest BCUT2D eigenvalue weighted by Crippen LogP contribution is 2.06. The number of carbonyl (C=O) groups is 4. The van der Waals surface area contributed by atoms with Crippen LogP contribution >= 0.6 is 0 Å². The molecule has 0 unspecified atom stereocenters. The molecule has 38 heavy (non-hydrogen) atoms. The van der Waals surface area contributed by atoms with Crippen molar-refractivity contribution in [2.24, 2.45) is 0 Å². The van der Waals surface area contributed by atoms with Gasteiger partial charge in [-0.25, -0.2) is 0 Å². The van der Waals surface area contributed by atoms with Crippen LogP contribution < -0.4 is 16.0 Å². The largest absolute Gasteiger partial charge is 0.481 e. The zero-order chi connectivity index (χ0) is 27.2. The predicted octanol–water partition coefficient (Wildman–Crippen LogP) is -2.51. The molecule has 0 aliphatic carbocycles.